The maximum atomic E-state index is 13.1. The van der Waals surface area contributed by atoms with Crippen LogP contribution in [0.3, 0.4) is 0 Å². The Morgan fingerprint density at radius 2 is 1.95 bits per heavy atom. The number of nitrogens with one attached hydrogen (secondary N) is 1. The van der Waals surface area contributed by atoms with E-state index in [1.807, 2.05) is 11.8 Å². The molecule has 21 heavy (non-hydrogen) atoms. The average Bonchev–Trinajstić information content (AvgIpc) is 3.21. The van der Waals surface area contributed by atoms with E-state index in [4.69, 9.17) is 0 Å². The van der Waals surface area contributed by atoms with E-state index in [0.717, 1.165) is 25.8 Å². The van der Waals surface area contributed by atoms with Crippen LogP contribution in [0.5, 0.6) is 0 Å². The van der Waals surface area contributed by atoms with Crippen LogP contribution >= 0.6 is 11.8 Å². The van der Waals surface area contributed by atoms with Crippen LogP contribution in [-0.2, 0) is 4.79 Å². The first kappa shape index (κ1) is 15.7. The Hall–Kier alpha value is -0.220. The van der Waals surface area contributed by atoms with E-state index in [1.165, 1.54) is 38.5 Å². The van der Waals surface area contributed by atoms with Crippen molar-refractivity contribution in [3.8, 4) is 0 Å². The van der Waals surface area contributed by atoms with Crippen molar-refractivity contribution in [2.45, 2.75) is 81.7 Å². The van der Waals surface area contributed by atoms with Crippen LogP contribution in [0, 0.1) is 5.92 Å². The zero-order valence-electron chi connectivity index (χ0n) is 13.6. The second-order valence-corrected chi connectivity index (χ2v) is 8.53. The predicted molar refractivity (Wildman–Crippen MR) is 89.4 cm³/mol. The van der Waals surface area contributed by atoms with Gasteiger partial charge in [-0.05, 0) is 44.3 Å². The normalized spacial score (nSPS) is 30.7. The van der Waals surface area contributed by atoms with Gasteiger partial charge in [-0.15, -0.1) is 0 Å². The van der Waals surface area contributed by atoms with Crippen molar-refractivity contribution in [1.29, 1.82) is 0 Å². The lowest BCUT2D eigenvalue weighted by Crippen LogP contribution is -2.46. The average molecular weight is 311 g/mol. The van der Waals surface area contributed by atoms with E-state index >= 15 is 0 Å². The second-order valence-electron chi connectivity index (χ2n) is 7.26. The zero-order valence-corrected chi connectivity index (χ0v) is 14.4. The third-order valence-corrected chi connectivity index (χ3v) is 6.95. The number of nitrogens with zero attached hydrogens (tertiary/aromatic N) is 1. The minimum absolute atomic E-state index is 0.185. The molecule has 3 fully saturated rings. The number of amides is 1. The Bertz CT molecular complexity index is 375. The van der Waals surface area contributed by atoms with Gasteiger partial charge in [0.05, 0.1) is 11.7 Å². The molecule has 3 rings (SSSR count). The molecule has 1 saturated heterocycles. The van der Waals surface area contributed by atoms with Crippen molar-refractivity contribution < 1.29 is 4.79 Å². The molecule has 3 aliphatic rings. The standard InChI is InChI=1S/C17H30N2OS/c1-13(21-2)9-12-19-15(14-7-3-4-8-14)18-17(16(19)20)10-5-6-11-17/h13-15,18H,3-12H2,1-2H3. The lowest BCUT2D eigenvalue weighted by Gasteiger charge is -2.29. The molecule has 2 atom stereocenters. The first-order valence-electron chi connectivity index (χ1n) is 8.78. The zero-order chi connectivity index (χ0) is 14.9. The minimum atomic E-state index is -0.185. The molecule has 2 aliphatic carbocycles. The Labute approximate surface area is 133 Å². The van der Waals surface area contributed by atoms with Gasteiger partial charge in [-0.3, -0.25) is 10.1 Å². The van der Waals surface area contributed by atoms with Gasteiger partial charge in [0.2, 0.25) is 5.91 Å². The van der Waals surface area contributed by atoms with Crippen molar-refractivity contribution in [2.75, 3.05) is 12.8 Å². The van der Waals surface area contributed by atoms with Crippen LogP contribution < -0.4 is 5.32 Å². The monoisotopic (exact) mass is 310 g/mol. The first-order chi connectivity index (χ1) is 10.2. The van der Waals surface area contributed by atoms with Gasteiger partial charge >= 0.3 is 0 Å². The van der Waals surface area contributed by atoms with E-state index in [0.29, 0.717) is 23.2 Å². The highest BCUT2D eigenvalue weighted by atomic mass is 32.2. The maximum absolute atomic E-state index is 13.1. The van der Waals surface area contributed by atoms with E-state index < -0.39 is 0 Å². The van der Waals surface area contributed by atoms with E-state index in [9.17, 15) is 4.79 Å². The van der Waals surface area contributed by atoms with Gasteiger partial charge in [0.15, 0.2) is 0 Å². The maximum Gasteiger partial charge on any atom is 0.244 e. The van der Waals surface area contributed by atoms with Crippen molar-refractivity contribution in [3.63, 3.8) is 0 Å². The van der Waals surface area contributed by atoms with Gasteiger partial charge in [-0.1, -0.05) is 32.6 Å². The van der Waals surface area contributed by atoms with Gasteiger partial charge in [0, 0.05) is 11.8 Å². The van der Waals surface area contributed by atoms with Gasteiger partial charge in [0.25, 0.3) is 0 Å². The number of hydrogen-bond donors (Lipinski definition) is 1. The lowest BCUT2D eigenvalue weighted by molar-refractivity contribution is -0.133. The number of hydrogen-bond acceptors (Lipinski definition) is 3. The summed E-state index contributed by atoms with van der Waals surface area (Å²) in [6.07, 6.45) is 13.5. The number of rotatable bonds is 5. The highest BCUT2D eigenvalue weighted by Gasteiger charge is 2.53. The van der Waals surface area contributed by atoms with Crippen LogP contribution in [0.15, 0.2) is 0 Å². The van der Waals surface area contributed by atoms with Crippen LogP contribution in [0.25, 0.3) is 0 Å². The molecule has 0 radical (unpaired) electrons. The minimum Gasteiger partial charge on any atom is -0.325 e. The van der Waals surface area contributed by atoms with Crippen molar-refractivity contribution in [1.82, 2.24) is 10.2 Å². The summed E-state index contributed by atoms with van der Waals surface area (Å²) in [5, 5.41) is 4.46. The Balaban J connectivity index is 1.73. The summed E-state index contributed by atoms with van der Waals surface area (Å²) in [6.45, 7) is 3.21. The quantitative estimate of drug-likeness (QED) is 0.845. The fourth-order valence-corrected chi connectivity index (χ4v) is 4.83. The number of carbonyl (C=O) groups is 1. The van der Waals surface area contributed by atoms with E-state index in [1.54, 1.807) is 0 Å². The second kappa shape index (κ2) is 6.49. The summed E-state index contributed by atoms with van der Waals surface area (Å²) in [4.78, 5) is 15.3. The highest BCUT2D eigenvalue weighted by molar-refractivity contribution is 7.99. The molecule has 1 aliphatic heterocycles. The fraction of sp³-hybridized carbons (Fsp3) is 0.941. The summed E-state index contributed by atoms with van der Waals surface area (Å²) in [6, 6.07) is 0. The van der Waals surface area contributed by atoms with Gasteiger partial charge in [0.1, 0.15) is 0 Å². The molecule has 1 heterocycles. The SMILES string of the molecule is CSC(C)CCN1C(=O)C2(CCCC2)NC1C1CCCC1. The van der Waals surface area contributed by atoms with Crippen LogP contribution in [-0.4, -0.2) is 40.6 Å². The number of carbonyl (C=O) groups excluding carboxylic acids is 1. The molecule has 4 heteroatoms. The van der Waals surface area contributed by atoms with Gasteiger partial charge < -0.3 is 4.90 Å². The van der Waals surface area contributed by atoms with Gasteiger partial charge in [-0.25, -0.2) is 0 Å². The molecule has 1 spiro atoms. The van der Waals surface area contributed by atoms with Crippen LogP contribution in [0.2, 0.25) is 0 Å². The van der Waals surface area contributed by atoms with E-state index in [2.05, 4.69) is 23.4 Å². The molecular formula is C17H30N2OS. The fourth-order valence-electron chi connectivity index (χ4n) is 4.49. The molecule has 0 aromatic heterocycles. The van der Waals surface area contributed by atoms with Gasteiger partial charge in [-0.2, -0.15) is 11.8 Å². The van der Waals surface area contributed by atoms with Crippen LogP contribution in [0.1, 0.15) is 64.7 Å². The largest absolute Gasteiger partial charge is 0.325 e. The summed E-state index contributed by atoms with van der Waals surface area (Å²) in [7, 11) is 0. The Kier molecular flexibility index (Phi) is 4.84. The summed E-state index contributed by atoms with van der Waals surface area (Å²) >= 11 is 1.91. The smallest absolute Gasteiger partial charge is 0.244 e. The van der Waals surface area contributed by atoms with Crippen molar-refractivity contribution in [2.24, 2.45) is 5.92 Å². The molecule has 2 saturated carbocycles. The Morgan fingerprint density at radius 1 is 1.29 bits per heavy atom. The third-order valence-electron chi connectivity index (χ3n) is 5.91. The van der Waals surface area contributed by atoms with Crippen LogP contribution in [0.4, 0.5) is 0 Å². The number of thioether (sulfide) groups is 1. The molecule has 1 amide bonds. The first-order valence-corrected chi connectivity index (χ1v) is 10.1. The molecule has 3 nitrogen and oxygen atoms in total. The van der Waals surface area contributed by atoms with Crippen molar-refractivity contribution in [3.05, 3.63) is 0 Å². The molecular weight excluding hydrogens is 280 g/mol. The predicted octanol–water partition coefficient (Wildman–Crippen LogP) is 3.39. The molecule has 2 unspecified atom stereocenters. The summed E-state index contributed by atoms with van der Waals surface area (Å²) in [5.41, 5.74) is -0.185. The topological polar surface area (TPSA) is 32.3 Å². The molecule has 0 aromatic rings. The molecule has 0 aromatic carbocycles. The molecule has 0 bridgehead atoms. The lowest BCUT2D eigenvalue weighted by atomic mass is 9.97. The Morgan fingerprint density at radius 3 is 2.57 bits per heavy atom. The van der Waals surface area contributed by atoms with E-state index in [-0.39, 0.29) is 5.54 Å². The molecule has 120 valence electrons. The highest BCUT2D eigenvalue weighted by Crippen LogP contribution is 2.41. The summed E-state index contributed by atoms with van der Waals surface area (Å²) < 4.78 is 0. The summed E-state index contributed by atoms with van der Waals surface area (Å²) in [5.74, 6) is 1.11. The molecule has 1 N–H and O–H groups in total. The third kappa shape index (κ3) is 2.98. The van der Waals surface area contributed by atoms with Crippen molar-refractivity contribution >= 4 is 17.7 Å².